The van der Waals surface area contributed by atoms with Crippen molar-refractivity contribution >= 4 is 46.5 Å². The number of nitrogens with zero attached hydrogens (tertiary/aromatic N) is 3. The molecular formula is C23H31ClN6O4S. The highest BCUT2D eigenvalue weighted by atomic mass is 35.5. The fourth-order valence-electron chi connectivity index (χ4n) is 3.74. The zero-order valence-corrected chi connectivity index (χ0v) is 21.6. The molecule has 0 radical (unpaired) electrons. The van der Waals surface area contributed by atoms with Crippen LogP contribution in [-0.4, -0.2) is 76.8 Å². The number of nitrogen functional groups attached to an aromatic ring is 1. The quantitative estimate of drug-likeness (QED) is 0.480. The van der Waals surface area contributed by atoms with Crippen LogP contribution >= 0.6 is 23.1 Å². The van der Waals surface area contributed by atoms with Crippen LogP contribution in [0.25, 0.3) is 0 Å². The highest BCUT2D eigenvalue weighted by Crippen LogP contribution is 2.30. The minimum absolute atomic E-state index is 0.0586. The molecule has 190 valence electrons. The molecule has 0 spiro atoms. The van der Waals surface area contributed by atoms with Gasteiger partial charge in [-0.1, -0.05) is 23.7 Å². The second-order valence-electron chi connectivity index (χ2n) is 9.28. The van der Waals surface area contributed by atoms with Gasteiger partial charge in [-0.25, -0.2) is 0 Å². The number of carbonyl (C=O) groups is 3. The van der Waals surface area contributed by atoms with Gasteiger partial charge >= 0.3 is 0 Å². The van der Waals surface area contributed by atoms with Crippen LogP contribution in [0.15, 0.2) is 24.3 Å². The van der Waals surface area contributed by atoms with Crippen LogP contribution in [0.5, 0.6) is 0 Å². The number of nitrogens with two attached hydrogens (primary N) is 2. The molecule has 1 saturated heterocycles. The molecule has 10 nitrogen and oxygen atoms in total. The Morgan fingerprint density at radius 3 is 2.40 bits per heavy atom. The number of halogens is 1. The molecule has 0 aliphatic carbocycles. The van der Waals surface area contributed by atoms with Crippen LogP contribution in [-0.2, 0) is 9.53 Å². The van der Waals surface area contributed by atoms with Crippen molar-refractivity contribution in [1.82, 2.24) is 19.5 Å². The number of hydrogen-bond acceptors (Lipinski definition) is 8. The van der Waals surface area contributed by atoms with E-state index in [9.17, 15) is 14.4 Å². The third-order valence-electron chi connectivity index (χ3n) is 5.42. The summed E-state index contributed by atoms with van der Waals surface area (Å²) < 4.78 is 9.39. The molecule has 1 aromatic carbocycles. The van der Waals surface area contributed by atoms with E-state index in [4.69, 9.17) is 27.8 Å². The number of benzene rings is 1. The van der Waals surface area contributed by atoms with E-state index in [1.807, 2.05) is 20.8 Å². The van der Waals surface area contributed by atoms with Gasteiger partial charge in [-0.2, -0.15) is 4.37 Å². The maximum atomic E-state index is 13.8. The second kappa shape index (κ2) is 11.3. The zero-order chi connectivity index (χ0) is 25.8. The van der Waals surface area contributed by atoms with Gasteiger partial charge in [0.2, 0.25) is 5.91 Å². The van der Waals surface area contributed by atoms with E-state index in [1.165, 1.54) is 4.90 Å². The van der Waals surface area contributed by atoms with Crippen molar-refractivity contribution in [1.29, 1.82) is 0 Å². The van der Waals surface area contributed by atoms with E-state index in [0.29, 0.717) is 30.3 Å². The highest BCUT2D eigenvalue weighted by Gasteiger charge is 2.36. The summed E-state index contributed by atoms with van der Waals surface area (Å²) in [5, 5.41) is 3.49. The van der Waals surface area contributed by atoms with Gasteiger partial charge in [-0.3, -0.25) is 19.3 Å². The van der Waals surface area contributed by atoms with E-state index in [-0.39, 0.29) is 28.7 Å². The number of morpholine rings is 1. The lowest BCUT2D eigenvalue weighted by Crippen LogP contribution is -2.51. The normalized spacial score (nSPS) is 15.4. The summed E-state index contributed by atoms with van der Waals surface area (Å²) in [5.41, 5.74) is 11.2. The summed E-state index contributed by atoms with van der Waals surface area (Å²) in [4.78, 5) is 42.8. The summed E-state index contributed by atoms with van der Waals surface area (Å²) >= 11 is 6.88. The van der Waals surface area contributed by atoms with Crippen molar-refractivity contribution in [2.24, 2.45) is 5.73 Å². The number of aromatic nitrogens is 1. The van der Waals surface area contributed by atoms with Crippen molar-refractivity contribution in [2.45, 2.75) is 32.4 Å². The Morgan fingerprint density at radius 2 is 1.86 bits per heavy atom. The van der Waals surface area contributed by atoms with Crippen LogP contribution < -0.4 is 16.8 Å². The van der Waals surface area contributed by atoms with Crippen molar-refractivity contribution < 1.29 is 19.1 Å². The molecule has 1 aliphatic heterocycles. The van der Waals surface area contributed by atoms with Crippen LogP contribution in [0.3, 0.4) is 0 Å². The molecule has 2 heterocycles. The number of nitrogens with one attached hydrogen (secondary N) is 1. The minimum Gasteiger partial charge on any atom is -0.395 e. The second-order valence-corrected chi connectivity index (χ2v) is 10.5. The SMILES string of the molecule is CC(C)(C)NC(=O)[C@@H](c1ccc(Cl)cc1)N(CCN1CCOCC1)C(=O)c1snc(C(N)=O)c1N. The molecule has 5 N–H and O–H groups in total. The summed E-state index contributed by atoms with van der Waals surface area (Å²) in [6, 6.07) is 5.80. The first-order valence-corrected chi connectivity index (χ1v) is 12.4. The predicted octanol–water partition coefficient (Wildman–Crippen LogP) is 1.91. The largest absolute Gasteiger partial charge is 0.395 e. The molecule has 2 aromatic rings. The van der Waals surface area contributed by atoms with Gasteiger partial charge in [-0.15, -0.1) is 0 Å². The molecule has 35 heavy (non-hydrogen) atoms. The van der Waals surface area contributed by atoms with Gasteiger partial charge in [-0.05, 0) is 50.0 Å². The standard InChI is InChI=1S/C23H31ClN6O4S/c1-23(2,3)27-21(32)18(14-4-6-15(24)7-5-14)30(9-8-29-10-12-34-13-11-29)22(33)19-16(25)17(20(26)31)28-35-19/h4-7,18H,8-13,25H2,1-3H3,(H2,26,31)(H,27,32)/t18-/m1/s1. The summed E-state index contributed by atoms with van der Waals surface area (Å²) in [5.74, 6) is -1.68. The number of ether oxygens (including phenoxy) is 1. The van der Waals surface area contributed by atoms with E-state index in [1.54, 1.807) is 24.3 Å². The first-order valence-electron chi connectivity index (χ1n) is 11.2. The molecule has 3 rings (SSSR count). The topological polar surface area (TPSA) is 144 Å². The predicted molar refractivity (Wildman–Crippen MR) is 135 cm³/mol. The number of primary amides is 1. The Labute approximate surface area is 213 Å². The van der Waals surface area contributed by atoms with E-state index >= 15 is 0 Å². The Bertz CT molecular complexity index is 1060. The van der Waals surface area contributed by atoms with Gasteiger partial charge in [0.25, 0.3) is 11.8 Å². The lowest BCUT2D eigenvalue weighted by atomic mass is 10.0. The molecule has 0 saturated carbocycles. The first-order chi connectivity index (χ1) is 16.5. The molecule has 1 atom stereocenters. The molecular weight excluding hydrogens is 492 g/mol. The Balaban J connectivity index is 2.03. The molecule has 3 amide bonds. The number of anilines is 1. The zero-order valence-electron chi connectivity index (χ0n) is 20.0. The fourth-order valence-corrected chi connectivity index (χ4v) is 4.62. The van der Waals surface area contributed by atoms with E-state index < -0.39 is 23.4 Å². The third kappa shape index (κ3) is 6.91. The fraction of sp³-hybridized carbons (Fsp3) is 0.478. The highest BCUT2D eigenvalue weighted by molar-refractivity contribution is 7.09. The Kier molecular flexibility index (Phi) is 8.70. The maximum absolute atomic E-state index is 13.8. The molecule has 1 aromatic heterocycles. The van der Waals surface area contributed by atoms with Gasteiger partial charge in [0.05, 0.1) is 18.9 Å². The number of amides is 3. The first kappa shape index (κ1) is 26.9. The van der Waals surface area contributed by atoms with Crippen molar-refractivity contribution in [2.75, 3.05) is 45.1 Å². The van der Waals surface area contributed by atoms with Crippen LogP contribution in [0.2, 0.25) is 5.02 Å². The van der Waals surface area contributed by atoms with Crippen LogP contribution in [0.4, 0.5) is 5.69 Å². The third-order valence-corrected chi connectivity index (χ3v) is 6.52. The van der Waals surface area contributed by atoms with Crippen molar-refractivity contribution in [3.05, 3.63) is 45.4 Å². The number of carbonyl (C=O) groups excluding carboxylic acids is 3. The van der Waals surface area contributed by atoms with Crippen LogP contribution in [0, 0.1) is 0 Å². The van der Waals surface area contributed by atoms with Gasteiger partial charge < -0.3 is 26.4 Å². The van der Waals surface area contributed by atoms with Crippen LogP contribution in [0.1, 0.15) is 52.5 Å². The molecule has 0 bridgehead atoms. The van der Waals surface area contributed by atoms with Gasteiger partial charge in [0.15, 0.2) is 5.69 Å². The van der Waals surface area contributed by atoms with Crippen molar-refractivity contribution in [3.8, 4) is 0 Å². The molecule has 1 aliphatic rings. The average Bonchev–Trinajstić information content (AvgIpc) is 3.18. The smallest absolute Gasteiger partial charge is 0.270 e. The van der Waals surface area contributed by atoms with E-state index in [0.717, 1.165) is 24.6 Å². The number of hydrogen-bond donors (Lipinski definition) is 3. The van der Waals surface area contributed by atoms with Gasteiger partial charge in [0.1, 0.15) is 10.9 Å². The molecule has 1 fully saturated rings. The number of rotatable bonds is 8. The minimum atomic E-state index is -0.974. The summed E-state index contributed by atoms with van der Waals surface area (Å²) in [6.45, 7) is 8.98. The summed E-state index contributed by atoms with van der Waals surface area (Å²) in [6.07, 6.45) is 0. The molecule has 12 heteroatoms. The average molecular weight is 523 g/mol. The summed E-state index contributed by atoms with van der Waals surface area (Å²) in [7, 11) is 0. The lowest BCUT2D eigenvalue weighted by Gasteiger charge is -2.35. The van der Waals surface area contributed by atoms with E-state index in [2.05, 4.69) is 14.6 Å². The monoisotopic (exact) mass is 522 g/mol. The van der Waals surface area contributed by atoms with Crippen molar-refractivity contribution in [3.63, 3.8) is 0 Å². The van der Waals surface area contributed by atoms with Gasteiger partial charge in [0, 0.05) is 36.7 Å². The lowest BCUT2D eigenvalue weighted by molar-refractivity contribution is -0.127. The Morgan fingerprint density at radius 1 is 1.23 bits per heavy atom. The maximum Gasteiger partial charge on any atom is 0.270 e. The molecule has 0 unspecified atom stereocenters. The Hall–Kier alpha value is -2.73.